The highest BCUT2D eigenvalue weighted by Gasteiger charge is 2.22. The lowest BCUT2D eigenvalue weighted by molar-refractivity contribution is 0.0625. The molecule has 2 aromatic heterocycles. The Bertz CT molecular complexity index is 821. The molecule has 1 aliphatic heterocycles. The smallest absolute Gasteiger partial charge is 0.253 e. The number of rotatable bonds is 4. The van der Waals surface area contributed by atoms with Crippen molar-refractivity contribution in [3.8, 4) is 10.6 Å². The number of piperazine rings is 1. The number of benzene rings is 1. The van der Waals surface area contributed by atoms with Gasteiger partial charge in [-0.25, -0.2) is 0 Å². The van der Waals surface area contributed by atoms with Crippen LogP contribution in [0.4, 0.5) is 0 Å². The number of nitrogens with zero attached hydrogens (tertiary/aromatic N) is 3. The summed E-state index contributed by atoms with van der Waals surface area (Å²) in [7, 11) is 0. The fourth-order valence-electron chi connectivity index (χ4n) is 3.02. The topological polar surface area (TPSA) is 49.6 Å². The molecule has 1 amide bonds. The standard InChI is InChI=1S/C19H19N3O2S/c23-19(15-5-2-1-3-6-15)22-10-8-21(9-11-22)14-16-13-17(24-20-16)18-7-4-12-25-18/h1-7,12-13H,8-11,14H2. The van der Waals surface area contributed by atoms with Crippen LogP contribution in [-0.2, 0) is 6.54 Å². The van der Waals surface area contributed by atoms with Crippen molar-refractivity contribution in [1.29, 1.82) is 0 Å². The molecular formula is C19H19N3O2S. The van der Waals surface area contributed by atoms with Gasteiger partial charge in [0.1, 0.15) is 0 Å². The Hall–Kier alpha value is -2.44. The zero-order valence-corrected chi connectivity index (χ0v) is 14.6. The van der Waals surface area contributed by atoms with Crippen LogP contribution in [0.2, 0.25) is 0 Å². The second-order valence-electron chi connectivity index (χ2n) is 6.09. The summed E-state index contributed by atoms with van der Waals surface area (Å²) in [5, 5.41) is 6.21. The van der Waals surface area contributed by atoms with Crippen LogP contribution in [0.15, 0.2) is 58.4 Å². The molecule has 5 nitrogen and oxygen atoms in total. The molecule has 1 fully saturated rings. The molecule has 0 atom stereocenters. The minimum absolute atomic E-state index is 0.113. The van der Waals surface area contributed by atoms with E-state index in [9.17, 15) is 4.79 Å². The highest BCUT2D eigenvalue weighted by molar-refractivity contribution is 7.13. The van der Waals surface area contributed by atoms with Crippen molar-refractivity contribution in [3.63, 3.8) is 0 Å². The summed E-state index contributed by atoms with van der Waals surface area (Å²) in [6, 6.07) is 15.5. The molecule has 4 rings (SSSR count). The molecule has 0 unspecified atom stereocenters. The molecule has 1 aromatic carbocycles. The first-order valence-corrected chi connectivity index (χ1v) is 9.24. The molecule has 25 heavy (non-hydrogen) atoms. The third-order valence-corrected chi connectivity index (χ3v) is 5.27. The van der Waals surface area contributed by atoms with E-state index < -0.39 is 0 Å². The molecular weight excluding hydrogens is 334 g/mol. The Morgan fingerprint density at radius 2 is 1.88 bits per heavy atom. The maximum atomic E-state index is 12.5. The molecule has 0 saturated carbocycles. The van der Waals surface area contributed by atoms with Crippen molar-refractivity contribution in [1.82, 2.24) is 15.0 Å². The van der Waals surface area contributed by atoms with Crippen molar-refractivity contribution in [3.05, 3.63) is 65.2 Å². The van der Waals surface area contributed by atoms with E-state index in [0.29, 0.717) is 0 Å². The van der Waals surface area contributed by atoms with Crippen LogP contribution in [0, 0.1) is 0 Å². The third kappa shape index (κ3) is 3.65. The van der Waals surface area contributed by atoms with Crippen molar-refractivity contribution >= 4 is 17.2 Å². The Morgan fingerprint density at radius 3 is 2.60 bits per heavy atom. The van der Waals surface area contributed by atoms with Gasteiger partial charge in [-0.15, -0.1) is 11.3 Å². The first-order valence-electron chi connectivity index (χ1n) is 8.36. The van der Waals surface area contributed by atoms with E-state index in [1.54, 1.807) is 11.3 Å². The fraction of sp³-hybridized carbons (Fsp3) is 0.263. The van der Waals surface area contributed by atoms with E-state index in [1.165, 1.54) is 0 Å². The number of carbonyl (C=O) groups is 1. The molecule has 0 spiro atoms. The zero-order valence-electron chi connectivity index (χ0n) is 13.8. The number of thiophene rings is 1. The van der Waals surface area contributed by atoms with E-state index in [2.05, 4.69) is 10.1 Å². The number of hydrogen-bond acceptors (Lipinski definition) is 5. The molecule has 0 radical (unpaired) electrons. The quantitative estimate of drug-likeness (QED) is 0.722. The summed E-state index contributed by atoms with van der Waals surface area (Å²) in [6.45, 7) is 3.93. The highest BCUT2D eigenvalue weighted by Crippen LogP contribution is 2.25. The molecule has 128 valence electrons. The predicted octanol–water partition coefficient (Wildman–Crippen LogP) is 3.36. The average Bonchev–Trinajstić information content (AvgIpc) is 3.34. The average molecular weight is 353 g/mol. The van der Waals surface area contributed by atoms with Crippen molar-refractivity contribution < 1.29 is 9.32 Å². The number of aromatic nitrogens is 1. The summed E-state index contributed by atoms with van der Waals surface area (Å²) in [6.07, 6.45) is 0. The van der Waals surface area contributed by atoms with Crippen molar-refractivity contribution in [2.75, 3.05) is 26.2 Å². The van der Waals surface area contributed by atoms with Gasteiger partial charge in [0.25, 0.3) is 5.91 Å². The van der Waals surface area contributed by atoms with Gasteiger partial charge in [0.15, 0.2) is 5.76 Å². The van der Waals surface area contributed by atoms with Crippen LogP contribution < -0.4 is 0 Å². The van der Waals surface area contributed by atoms with Gasteiger partial charge in [0, 0.05) is 44.4 Å². The van der Waals surface area contributed by atoms with Gasteiger partial charge in [-0.2, -0.15) is 0 Å². The number of carbonyl (C=O) groups excluding carboxylic acids is 1. The van der Waals surface area contributed by atoms with Gasteiger partial charge in [-0.05, 0) is 23.6 Å². The molecule has 1 aliphatic rings. The normalized spacial score (nSPS) is 15.4. The third-order valence-electron chi connectivity index (χ3n) is 4.39. The van der Waals surface area contributed by atoms with Gasteiger partial charge in [-0.3, -0.25) is 9.69 Å². The summed E-state index contributed by atoms with van der Waals surface area (Å²) < 4.78 is 5.44. The lowest BCUT2D eigenvalue weighted by Crippen LogP contribution is -2.48. The van der Waals surface area contributed by atoms with Crippen molar-refractivity contribution in [2.24, 2.45) is 0 Å². The lowest BCUT2D eigenvalue weighted by Gasteiger charge is -2.34. The molecule has 0 aliphatic carbocycles. The molecule has 0 bridgehead atoms. The SMILES string of the molecule is O=C(c1ccccc1)N1CCN(Cc2cc(-c3cccs3)on2)CC1. The molecule has 1 saturated heterocycles. The van der Waals surface area contributed by atoms with Gasteiger partial charge >= 0.3 is 0 Å². The number of amides is 1. The molecule has 6 heteroatoms. The predicted molar refractivity (Wildman–Crippen MR) is 97.4 cm³/mol. The maximum Gasteiger partial charge on any atom is 0.253 e. The van der Waals surface area contributed by atoms with Crippen LogP contribution in [-0.4, -0.2) is 47.0 Å². The van der Waals surface area contributed by atoms with Gasteiger partial charge in [-0.1, -0.05) is 29.4 Å². The largest absolute Gasteiger partial charge is 0.355 e. The molecule has 3 aromatic rings. The minimum atomic E-state index is 0.113. The van der Waals surface area contributed by atoms with Crippen LogP contribution in [0.1, 0.15) is 16.1 Å². The monoisotopic (exact) mass is 353 g/mol. The minimum Gasteiger partial charge on any atom is -0.355 e. The summed E-state index contributed by atoms with van der Waals surface area (Å²) in [4.78, 5) is 17.8. The van der Waals surface area contributed by atoms with Crippen LogP contribution in [0.3, 0.4) is 0 Å². The Kier molecular flexibility index (Phi) is 4.63. The van der Waals surface area contributed by atoms with Gasteiger partial charge in [0.05, 0.1) is 10.6 Å². The van der Waals surface area contributed by atoms with E-state index in [-0.39, 0.29) is 5.91 Å². The Labute approximate surface area is 150 Å². The first kappa shape index (κ1) is 16.1. The second kappa shape index (κ2) is 7.21. The maximum absolute atomic E-state index is 12.5. The van der Waals surface area contributed by atoms with Crippen LogP contribution >= 0.6 is 11.3 Å². The van der Waals surface area contributed by atoms with Crippen LogP contribution in [0.5, 0.6) is 0 Å². The summed E-state index contributed by atoms with van der Waals surface area (Å²) >= 11 is 1.65. The van der Waals surface area contributed by atoms with Gasteiger partial charge < -0.3 is 9.42 Å². The van der Waals surface area contributed by atoms with E-state index in [0.717, 1.165) is 54.6 Å². The van der Waals surface area contributed by atoms with E-state index in [4.69, 9.17) is 4.52 Å². The fourth-order valence-corrected chi connectivity index (χ4v) is 3.70. The lowest BCUT2D eigenvalue weighted by atomic mass is 10.2. The van der Waals surface area contributed by atoms with E-state index >= 15 is 0 Å². The van der Waals surface area contributed by atoms with Gasteiger partial charge in [0.2, 0.25) is 0 Å². The van der Waals surface area contributed by atoms with Crippen LogP contribution in [0.25, 0.3) is 10.6 Å². The number of hydrogen-bond donors (Lipinski definition) is 0. The Morgan fingerprint density at radius 1 is 1.08 bits per heavy atom. The second-order valence-corrected chi connectivity index (χ2v) is 7.04. The van der Waals surface area contributed by atoms with Crippen molar-refractivity contribution in [2.45, 2.75) is 6.54 Å². The molecule has 3 heterocycles. The highest BCUT2D eigenvalue weighted by atomic mass is 32.1. The first-order chi connectivity index (χ1) is 12.3. The summed E-state index contributed by atoms with van der Waals surface area (Å²) in [5.41, 5.74) is 1.69. The van der Waals surface area contributed by atoms with E-state index in [1.807, 2.05) is 58.8 Å². The Balaban J connectivity index is 1.33. The zero-order chi connectivity index (χ0) is 17.1. The summed E-state index contributed by atoms with van der Waals surface area (Å²) in [5.74, 6) is 0.935. The molecule has 0 N–H and O–H groups in total.